The van der Waals surface area contributed by atoms with Crippen LogP contribution in [0.3, 0.4) is 0 Å². The highest BCUT2D eigenvalue weighted by molar-refractivity contribution is 6.31. The molecular formula is C16H21ClN2O3. The first kappa shape index (κ1) is 16.6. The number of benzene rings is 1. The minimum Gasteiger partial charge on any atom is -0.444 e. The highest BCUT2D eigenvalue weighted by Gasteiger charge is 2.28. The number of carbonyl (C=O) groups excluding carboxylic acids is 2. The van der Waals surface area contributed by atoms with Crippen molar-refractivity contribution in [1.82, 2.24) is 4.90 Å². The minimum absolute atomic E-state index is 0.0745. The molecule has 1 aromatic carbocycles. The van der Waals surface area contributed by atoms with Crippen molar-refractivity contribution in [2.75, 3.05) is 18.0 Å². The van der Waals surface area contributed by atoms with Crippen molar-refractivity contribution in [3.05, 3.63) is 28.8 Å². The first-order valence-electron chi connectivity index (χ1n) is 7.22. The second kappa shape index (κ2) is 6.16. The second-order valence-corrected chi connectivity index (χ2v) is 6.78. The predicted octanol–water partition coefficient (Wildman–Crippen LogP) is 3.44. The van der Waals surface area contributed by atoms with Crippen molar-refractivity contribution in [2.45, 2.75) is 39.8 Å². The van der Waals surface area contributed by atoms with E-state index < -0.39 is 5.60 Å². The Morgan fingerprint density at radius 1 is 1.23 bits per heavy atom. The number of hydrogen-bond donors (Lipinski definition) is 0. The lowest BCUT2D eigenvalue weighted by molar-refractivity contribution is -0.116. The molecule has 5 nitrogen and oxygen atoms in total. The molecule has 6 heteroatoms. The van der Waals surface area contributed by atoms with E-state index in [-0.39, 0.29) is 12.0 Å². The summed E-state index contributed by atoms with van der Waals surface area (Å²) >= 11 is 6.04. The smallest absolute Gasteiger partial charge is 0.410 e. The van der Waals surface area contributed by atoms with Crippen LogP contribution in [0.25, 0.3) is 0 Å². The molecule has 1 aromatic rings. The fourth-order valence-corrected chi connectivity index (χ4v) is 2.52. The number of halogens is 1. The highest BCUT2D eigenvalue weighted by Crippen LogP contribution is 2.29. The van der Waals surface area contributed by atoms with E-state index in [1.807, 2.05) is 26.8 Å². The summed E-state index contributed by atoms with van der Waals surface area (Å²) in [5, 5.41) is 0.565. The molecule has 1 heterocycles. The average Bonchev–Trinajstić information content (AvgIpc) is 2.55. The van der Waals surface area contributed by atoms with Crippen molar-refractivity contribution < 1.29 is 14.3 Å². The number of nitrogens with zero attached hydrogens (tertiary/aromatic N) is 2. The Labute approximate surface area is 135 Å². The summed E-state index contributed by atoms with van der Waals surface area (Å²) in [5.74, 6) is -0.0745. The molecule has 0 saturated carbocycles. The Morgan fingerprint density at radius 3 is 2.50 bits per heavy atom. The lowest BCUT2D eigenvalue weighted by atomic mass is 10.1. The zero-order valence-corrected chi connectivity index (χ0v) is 14.1. The Balaban J connectivity index is 2.30. The second-order valence-electron chi connectivity index (χ2n) is 6.35. The molecule has 0 bridgehead atoms. The number of hydrogen-bond acceptors (Lipinski definition) is 3. The van der Waals surface area contributed by atoms with Gasteiger partial charge in [-0.25, -0.2) is 4.79 Å². The molecule has 1 aliphatic heterocycles. The molecular weight excluding hydrogens is 304 g/mol. The van der Waals surface area contributed by atoms with Gasteiger partial charge in [-0.05, 0) is 38.5 Å². The van der Waals surface area contributed by atoms with Gasteiger partial charge >= 0.3 is 6.09 Å². The van der Waals surface area contributed by atoms with E-state index in [4.69, 9.17) is 16.3 Å². The summed E-state index contributed by atoms with van der Waals surface area (Å²) in [6.45, 7) is 8.23. The maximum atomic E-state index is 12.3. The van der Waals surface area contributed by atoms with Gasteiger partial charge in [0.25, 0.3) is 0 Å². The van der Waals surface area contributed by atoms with Crippen LogP contribution in [0.15, 0.2) is 18.2 Å². The van der Waals surface area contributed by atoms with E-state index >= 15 is 0 Å². The van der Waals surface area contributed by atoms with Crippen molar-refractivity contribution >= 4 is 29.3 Å². The normalized spacial score (nSPS) is 15.1. The third kappa shape index (κ3) is 3.91. The molecule has 0 saturated heterocycles. The van der Waals surface area contributed by atoms with Gasteiger partial charge in [0.2, 0.25) is 5.91 Å². The van der Waals surface area contributed by atoms with Crippen LogP contribution in [-0.4, -0.2) is 35.6 Å². The van der Waals surface area contributed by atoms with E-state index in [9.17, 15) is 9.59 Å². The van der Waals surface area contributed by atoms with Gasteiger partial charge in [0.15, 0.2) is 0 Å². The predicted molar refractivity (Wildman–Crippen MR) is 86.1 cm³/mol. The third-order valence-corrected chi connectivity index (χ3v) is 3.56. The Kier molecular flexibility index (Phi) is 4.66. The van der Waals surface area contributed by atoms with Crippen LogP contribution < -0.4 is 4.90 Å². The molecule has 0 unspecified atom stereocenters. The zero-order valence-electron chi connectivity index (χ0n) is 13.4. The van der Waals surface area contributed by atoms with Crippen LogP contribution in [0, 0.1) is 0 Å². The number of fused-ring (bicyclic) bond motifs is 1. The number of rotatable bonds is 0. The SMILES string of the molecule is CC(=O)N1CCN(C(=O)OC(C)(C)C)Cc2ccc(Cl)cc21. The molecule has 0 N–H and O–H groups in total. The fourth-order valence-electron chi connectivity index (χ4n) is 2.36. The highest BCUT2D eigenvalue weighted by atomic mass is 35.5. The molecule has 0 atom stereocenters. The van der Waals surface area contributed by atoms with E-state index in [1.165, 1.54) is 6.92 Å². The van der Waals surface area contributed by atoms with Gasteiger partial charge < -0.3 is 14.5 Å². The fraction of sp³-hybridized carbons (Fsp3) is 0.500. The van der Waals surface area contributed by atoms with Crippen LogP contribution >= 0.6 is 11.6 Å². The molecule has 2 rings (SSSR count). The van der Waals surface area contributed by atoms with Crippen molar-refractivity contribution in [2.24, 2.45) is 0 Å². The zero-order chi connectivity index (χ0) is 16.5. The Morgan fingerprint density at radius 2 is 1.91 bits per heavy atom. The summed E-state index contributed by atoms with van der Waals surface area (Å²) in [4.78, 5) is 27.4. The summed E-state index contributed by atoms with van der Waals surface area (Å²) in [6.07, 6.45) is -0.376. The van der Waals surface area contributed by atoms with Crippen LogP contribution in [0.5, 0.6) is 0 Å². The molecule has 0 aliphatic carbocycles. The van der Waals surface area contributed by atoms with Crippen molar-refractivity contribution in [1.29, 1.82) is 0 Å². The van der Waals surface area contributed by atoms with Gasteiger partial charge in [-0.3, -0.25) is 4.79 Å². The Bertz CT molecular complexity index is 596. The van der Waals surface area contributed by atoms with Gasteiger partial charge in [0.1, 0.15) is 5.60 Å². The summed E-state index contributed by atoms with van der Waals surface area (Å²) in [6, 6.07) is 5.37. The van der Waals surface area contributed by atoms with E-state index in [0.717, 1.165) is 11.3 Å². The average molecular weight is 325 g/mol. The number of carbonyl (C=O) groups is 2. The number of amides is 2. The van der Waals surface area contributed by atoms with Gasteiger partial charge in [-0.2, -0.15) is 0 Å². The molecule has 0 fully saturated rings. The standard InChI is InChI=1S/C16H21ClN2O3/c1-11(20)19-8-7-18(15(21)22-16(2,3)4)10-12-5-6-13(17)9-14(12)19/h5-6,9H,7-8,10H2,1-4H3. The third-order valence-electron chi connectivity index (χ3n) is 3.32. The summed E-state index contributed by atoms with van der Waals surface area (Å²) in [5.41, 5.74) is 1.08. The van der Waals surface area contributed by atoms with Gasteiger partial charge in [-0.1, -0.05) is 17.7 Å². The minimum atomic E-state index is -0.549. The number of ether oxygens (including phenoxy) is 1. The van der Waals surface area contributed by atoms with Crippen molar-refractivity contribution in [3.63, 3.8) is 0 Å². The van der Waals surface area contributed by atoms with Crippen LogP contribution in [0.1, 0.15) is 33.3 Å². The largest absolute Gasteiger partial charge is 0.444 e. The van der Waals surface area contributed by atoms with Crippen LogP contribution in [0.2, 0.25) is 5.02 Å². The topological polar surface area (TPSA) is 49.9 Å². The van der Waals surface area contributed by atoms with Crippen molar-refractivity contribution in [3.8, 4) is 0 Å². The van der Waals surface area contributed by atoms with E-state index in [1.54, 1.807) is 21.9 Å². The van der Waals surface area contributed by atoms with Crippen LogP contribution in [-0.2, 0) is 16.1 Å². The molecule has 2 amide bonds. The van der Waals surface area contributed by atoms with Gasteiger partial charge in [0.05, 0.1) is 12.2 Å². The Hall–Kier alpha value is -1.75. The first-order valence-corrected chi connectivity index (χ1v) is 7.59. The summed E-state index contributed by atoms with van der Waals surface area (Å²) in [7, 11) is 0. The molecule has 1 aliphatic rings. The monoisotopic (exact) mass is 324 g/mol. The lowest BCUT2D eigenvalue weighted by Crippen LogP contribution is -2.39. The maximum Gasteiger partial charge on any atom is 0.410 e. The summed E-state index contributed by atoms with van der Waals surface area (Å²) < 4.78 is 5.42. The molecule has 120 valence electrons. The first-order chi connectivity index (χ1) is 10.2. The molecule has 0 radical (unpaired) electrons. The van der Waals surface area contributed by atoms with Gasteiger partial charge in [-0.15, -0.1) is 0 Å². The maximum absolute atomic E-state index is 12.3. The molecule has 0 spiro atoms. The van der Waals surface area contributed by atoms with E-state index in [2.05, 4.69) is 0 Å². The van der Waals surface area contributed by atoms with Gasteiger partial charge in [0, 0.05) is 25.0 Å². The quantitative estimate of drug-likeness (QED) is 0.734. The molecule has 0 aromatic heterocycles. The lowest BCUT2D eigenvalue weighted by Gasteiger charge is -2.26. The van der Waals surface area contributed by atoms with Crippen LogP contribution in [0.4, 0.5) is 10.5 Å². The van der Waals surface area contributed by atoms with E-state index in [0.29, 0.717) is 24.7 Å². The number of anilines is 1. The molecule has 22 heavy (non-hydrogen) atoms.